The van der Waals surface area contributed by atoms with Crippen molar-refractivity contribution in [3.8, 4) is 16.9 Å². The van der Waals surface area contributed by atoms with Crippen molar-refractivity contribution < 1.29 is 22.4 Å². The minimum absolute atomic E-state index is 0.0456. The van der Waals surface area contributed by atoms with E-state index in [1.807, 2.05) is 6.07 Å². The molecule has 4 aromatic rings. The largest absolute Gasteiger partial charge is 0.459 e. The SMILES string of the molecule is NC(=O)c1nn(-c2ccc(S(N)(=O)=O)cc2)c2c1CCc1ccc(NC(=O)c3ccco3)cc1-2. The molecule has 0 atom stereocenters. The molecule has 5 N–H and O–H groups in total. The van der Waals surface area contributed by atoms with E-state index in [0.717, 1.165) is 11.1 Å². The first-order chi connectivity index (χ1) is 16.2. The average Bonchev–Trinajstić information content (AvgIpc) is 3.47. The van der Waals surface area contributed by atoms with Crippen LogP contribution in [0.25, 0.3) is 16.9 Å². The lowest BCUT2D eigenvalue weighted by Crippen LogP contribution is -2.15. The quantitative estimate of drug-likeness (QED) is 0.399. The second-order valence-electron chi connectivity index (χ2n) is 7.79. The van der Waals surface area contributed by atoms with Crippen molar-refractivity contribution in [3.05, 3.63) is 83.4 Å². The summed E-state index contributed by atoms with van der Waals surface area (Å²) in [5, 5.41) is 12.4. The molecule has 2 aromatic heterocycles. The zero-order valence-electron chi connectivity index (χ0n) is 17.7. The predicted molar refractivity (Wildman–Crippen MR) is 123 cm³/mol. The highest BCUT2D eigenvalue weighted by atomic mass is 32.2. The molecule has 0 unspecified atom stereocenters. The van der Waals surface area contributed by atoms with Crippen molar-refractivity contribution in [1.29, 1.82) is 0 Å². The third-order valence-corrected chi connectivity index (χ3v) is 6.57. The number of primary amides is 1. The number of benzene rings is 2. The van der Waals surface area contributed by atoms with Crippen molar-refractivity contribution in [2.24, 2.45) is 10.9 Å². The van der Waals surface area contributed by atoms with Gasteiger partial charge in [0.2, 0.25) is 10.0 Å². The van der Waals surface area contributed by atoms with Crippen molar-refractivity contribution in [1.82, 2.24) is 9.78 Å². The van der Waals surface area contributed by atoms with Crippen LogP contribution in [0.1, 0.15) is 32.2 Å². The lowest BCUT2D eigenvalue weighted by atomic mass is 9.88. The summed E-state index contributed by atoms with van der Waals surface area (Å²) in [6.07, 6.45) is 2.62. The van der Waals surface area contributed by atoms with Crippen LogP contribution in [0, 0.1) is 0 Å². The number of aromatic nitrogens is 2. The minimum Gasteiger partial charge on any atom is -0.459 e. The van der Waals surface area contributed by atoms with Gasteiger partial charge in [-0.1, -0.05) is 6.07 Å². The predicted octanol–water partition coefficient (Wildman–Crippen LogP) is 2.23. The van der Waals surface area contributed by atoms with Gasteiger partial charge in [-0.25, -0.2) is 18.2 Å². The summed E-state index contributed by atoms with van der Waals surface area (Å²) in [4.78, 5) is 24.5. The number of carbonyl (C=O) groups excluding carboxylic acids is 2. The highest BCUT2D eigenvalue weighted by Crippen LogP contribution is 2.38. The molecule has 2 heterocycles. The van der Waals surface area contributed by atoms with E-state index in [1.54, 1.807) is 41.1 Å². The summed E-state index contributed by atoms with van der Waals surface area (Å²) in [6.45, 7) is 0. The Kier molecular flexibility index (Phi) is 5.07. The highest BCUT2D eigenvalue weighted by molar-refractivity contribution is 7.89. The molecule has 1 aliphatic carbocycles. The number of carbonyl (C=O) groups is 2. The van der Waals surface area contributed by atoms with Gasteiger partial charge in [0.15, 0.2) is 11.5 Å². The first-order valence-corrected chi connectivity index (χ1v) is 11.8. The van der Waals surface area contributed by atoms with E-state index < -0.39 is 21.8 Å². The van der Waals surface area contributed by atoms with Crippen LogP contribution in [0.15, 0.2) is 70.2 Å². The summed E-state index contributed by atoms with van der Waals surface area (Å²) in [5.74, 6) is -0.887. The fraction of sp³-hybridized carbons (Fsp3) is 0.0870. The number of primary sulfonamides is 1. The Bertz CT molecular complexity index is 1540. The highest BCUT2D eigenvalue weighted by Gasteiger charge is 2.28. The molecule has 0 aliphatic heterocycles. The Morgan fingerprint density at radius 2 is 1.82 bits per heavy atom. The van der Waals surface area contributed by atoms with Crippen LogP contribution in [-0.4, -0.2) is 30.0 Å². The number of fused-ring (bicyclic) bond motifs is 3. The second kappa shape index (κ2) is 7.97. The monoisotopic (exact) mass is 477 g/mol. The zero-order chi connectivity index (χ0) is 24.0. The number of aryl methyl sites for hydroxylation is 1. The van der Waals surface area contributed by atoms with E-state index in [4.69, 9.17) is 15.3 Å². The van der Waals surface area contributed by atoms with E-state index in [2.05, 4.69) is 10.4 Å². The molecule has 0 fully saturated rings. The van der Waals surface area contributed by atoms with E-state index in [0.29, 0.717) is 35.5 Å². The fourth-order valence-electron chi connectivity index (χ4n) is 4.08. The van der Waals surface area contributed by atoms with Gasteiger partial charge in [-0.3, -0.25) is 9.59 Å². The smallest absolute Gasteiger partial charge is 0.291 e. The third kappa shape index (κ3) is 3.76. The molecule has 0 radical (unpaired) electrons. The van der Waals surface area contributed by atoms with Gasteiger partial charge in [0.05, 0.1) is 22.5 Å². The Morgan fingerprint density at radius 1 is 1.06 bits per heavy atom. The van der Waals surface area contributed by atoms with Crippen LogP contribution < -0.4 is 16.2 Å². The van der Waals surface area contributed by atoms with Crippen molar-refractivity contribution in [3.63, 3.8) is 0 Å². The van der Waals surface area contributed by atoms with Gasteiger partial charge >= 0.3 is 0 Å². The Balaban J connectivity index is 1.62. The molecule has 10 nitrogen and oxygen atoms in total. The first kappa shape index (κ1) is 21.6. The normalized spacial score (nSPS) is 12.6. The Hall–Kier alpha value is -4.22. The first-order valence-electron chi connectivity index (χ1n) is 10.3. The molecular weight excluding hydrogens is 458 g/mol. The number of rotatable bonds is 5. The number of nitrogens with two attached hydrogens (primary N) is 2. The molecule has 5 rings (SSSR count). The summed E-state index contributed by atoms with van der Waals surface area (Å²) in [6, 6.07) is 14.5. The summed E-state index contributed by atoms with van der Waals surface area (Å²) >= 11 is 0. The number of sulfonamides is 1. The number of amides is 2. The van der Waals surface area contributed by atoms with Crippen LogP contribution in [-0.2, 0) is 22.9 Å². The summed E-state index contributed by atoms with van der Waals surface area (Å²) < 4.78 is 30.0. The molecule has 2 amide bonds. The molecule has 34 heavy (non-hydrogen) atoms. The molecule has 11 heteroatoms. The third-order valence-electron chi connectivity index (χ3n) is 5.64. The number of nitrogens with one attached hydrogen (secondary N) is 1. The molecule has 1 aliphatic rings. The Labute approximate surface area is 194 Å². The molecule has 0 saturated carbocycles. The van der Waals surface area contributed by atoms with Gasteiger partial charge in [-0.15, -0.1) is 0 Å². The minimum atomic E-state index is -3.86. The maximum Gasteiger partial charge on any atom is 0.291 e. The van der Waals surface area contributed by atoms with E-state index in [1.165, 1.54) is 18.4 Å². The van der Waals surface area contributed by atoms with Crippen LogP contribution in [0.2, 0.25) is 0 Å². The second-order valence-corrected chi connectivity index (χ2v) is 9.36. The molecule has 0 spiro atoms. The van der Waals surface area contributed by atoms with Gasteiger partial charge in [0.25, 0.3) is 11.8 Å². The maximum absolute atomic E-state index is 12.4. The van der Waals surface area contributed by atoms with Gasteiger partial charge in [0.1, 0.15) is 0 Å². The summed E-state index contributed by atoms with van der Waals surface area (Å²) in [5.41, 5.74) is 9.90. The lowest BCUT2D eigenvalue weighted by molar-refractivity contribution is 0.0987. The number of nitrogens with zero attached hydrogens (tertiary/aromatic N) is 2. The van der Waals surface area contributed by atoms with Gasteiger partial charge in [-0.2, -0.15) is 5.10 Å². The van der Waals surface area contributed by atoms with Crippen LogP contribution in [0.5, 0.6) is 0 Å². The fourth-order valence-corrected chi connectivity index (χ4v) is 4.59. The van der Waals surface area contributed by atoms with Crippen LogP contribution >= 0.6 is 0 Å². The van der Waals surface area contributed by atoms with Gasteiger partial charge in [-0.05, 0) is 66.9 Å². The molecule has 0 bridgehead atoms. The van der Waals surface area contributed by atoms with Crippen molar-refractivity contribution >= 4 is 27.5 Å². The summed E-state index contributed by atoms with van der Waals surface area (Å²) in [7, 11) is -3.86. The topological polar surface area (TPSA) is 163 Å². The molecular formula is C23H19N5O5S. The number of furan rings is 1. The maximum atomic E-state index is 12.4. The molecule has 2 aromatic carbocycles. The molecule has 0 saturated heterocycles. The van der Waals surface area contributed by atoms with E-state index in [9.17, 15) is 18.0 Å². The standard InChI is InChI=1S/C23H19N5O5S/c24-22(29)20-17-10-4-13-3-5-14(26-23(30)19-2-1-11-33-19)12-18(13)21(17)28(27-20)15-6-8-16(9-7-15)34(25,31)32/h1-3,5-9,11-12H,4,10H2,(H2,24,29)(H,26,30)(H2,25,31,32). The van der Waals surface area contributed by atoms with Crippen molar-refractivity contribution in [2.75, 3.05) is 5.32 Å². The van der Waals surface area contributed by atoms with Crippen LogP contribution in [0.4, 0.5) is 5.69 Å². The lowest BCUT2D eigenvalue weighted by Gasteiger charge is -2.20. The van der Waals surface area contributed by atoms with Gasteiger partial charge in [0, 0.05) is 16.8 Å². The number of hydrogen-bond acceptors (Lipinski definition) is 6. The average molecular weight is 478 g/mol. The Morgan fingerprint density at radius 3 is 2.47 bits per heavy atom. The number of anilines is 1. The zero-order valence-corrected chi connectivity index (χ0v) is 18.5. The van der Waals surface area contributed by atoms with Crippen LogP contribution in [0.3, 0.4) is 0 Å². The van der Waals surface area contributed by atoms with Crippen molar-refractivity contribution in [2.45, 2.75) is 17.7 Å². The van der Waals surface area contributed by atoms with E-state index in [-0.39, 0.29) is 16.3 Å². The van der Waals surface area contributed by atoms with E-state index >= 15 is 0 Å². The van der Waals surface area contributed by atoms with Gasteiger partial charge < -0.3 is 15.5 Å². The molecule has 172 valence electrons. The number of hydrogen-bond donors (Lipinski definition) is 3.